The number of thioether (sulfide) groups is 1. The van der Waals surface area contributed by atoms with Crippen LogP contribution in [-0.2, 0) is 0 Å². The Morgan fingerprint density at radius 1 is 0.943 bits per heavy atom. The number of hydrogen-bond acceptors (Lipinski definition) is 7. The van der Waals surface area contributed by atoms with Crippen LogP contribution in [0.25, 0.3) is 10.2 Å². The van der Waals surface area contributed by atoms with Crippen LogP contribution in [0.4, 0.5) is 5.13 Å². The van der Waals surface area contributed by atoms with E-state index in [0.29, 0.717) is 16.3 Å². The highest BCUT2D eigenvalue weighted by Gasteiger charge is 2.32. The minimum absolute atomic E-state index is 0.0481. The summed E-state index contributed by atoms with van der Waals surface area (Å²) in [5, 5.41) is 7.48. The second kappa shape index (κ2) is 10.2. The molecule has 0 saturated carbocycles. The third-order valence-corrected chi connectivity index (χ3v) is 7.59. The lowest BCUT2D eigenvalue weighted by molar-refractivity contribution is 0.0914. The molecule has 2 heterocycles. The summed E-state index contributed by atoms with van der Waals surface area (Å²) in [6, 6.07) is 23.7. The number of para-hydroxylation sites is 1. The first kappa shape index (κ1) is 22.9. The zero-order valence-electron chi connectivity index (χ0n) is 18.7. The zero-order valence-corrected chi connectivity index (χ0v) is 20.4. The van der Waals surface area contributed by atoms with E-state index in [9.17, 15) is 9.59 Å². The molecule has 35 heavy (non-hydrogen) atoms. The average molecular weight is 500 g/mol. The van der Waals surface area contributed by atoms with Gasteiger partial charge in [-0.15, -0.1) is 0 Å². The van der Waals surface area contributed by atoms with E-state index in [0.717, 1.165) is 15.8 Å². The maximum absolute atomic E-state index is 13.5. The van der Waals surface area contributed by atoms with Crippen molar-refractivity contribution in [2.75, 3.05) is 11.6 Å². The number of thiazole rings is 1. The maximum Gasteiger partial charge on any atom is 0.257 e. The number of fused-ring (bicyclic) bond motifs is 1. The van der Waals surface area contributed by atoms with Crippen molar-refractivity contribution >= 4 is 50.1 Å². The summed E-state index contributed by atoms with van der Waals surface area (Å²) in [7, 11) is 0. The lowest BCUT2D eigenvalue weighted by atomic mass is 9.96. The highest BCUT2D eigenvalue weighted by molar-refractivity contribution is 7.98. The van der Waals surface area contributed by atoms with Crippen LogP contribution >= 0.6 is 23.1 Å². The molecule has 2 unspecified atom stereocenters. The Hall–Kier alpha value is -3.82. The summed E-state index contributed by atoms with van der Waals surface area (Å²) in [6.07, 6.45) is 4.95. The minimum Gasteiger partial charge on any atom is -0.298 e. The summed E-state index contributed by atoms with van der Waals surface area (Å²) in [5.74, 6) is -0.280. The number of anilines is 1. The van der Waals surface area contributed by atoms with Crippen LogP contribution in [-0.4, -0.2) is 37.7 Å². The number of amides is 1. The highest BCUT2D eigenvalue weighted by atomic mass is 32.2. The van der Waals surface area contributed by atoms with E-state index < -0.39 is 6.04 Å². The van der Waals surface area contributed by atoms with E-state index in [4.69, 9.17) is 0 Å². The number of Topliss-reactive ketones (excluding diaryl/α,β-unsaturated/α-hetero) is 1. The van der Waals surface area contributed by atoms with E-state index in [1.807, 2.05) is 60.9 Å². The van der Waals surface area contributed by atoms with Gasteiger partial charge in [0.2, 0.25) is 0 Å². The summed E-state index contributed by atoms with van der Waals surface area (Å²) in [4.78, 5) is 34.8. The predicted octanol–water partition coefficient (Wildman–Crippen LogP) is 5.67. The van der Waals surface area contributed by atoms with Crippen molar-refractivity contribution in [3.05, 3.63) is 108 Å². The third kappa shape index (κ3) is 4.87. The number of nitrogens with zero attached hydrogens (tertiary/aromatic N) is 4. The van der Waals surface area contributed by atoms with Gasteiger partial charge < -0.3 is 0 Å². The van der Waals surface area contributed by atoms with Gasteiger partial charge in [-0.05, 0) is 36.1 Å². The Morgan fingerprint density at radius 2 is 1.69 bits per heavy atom. The van der Waals surface area contributed by atoms with Gasteiger partial charge in [-0.3, -0.25) is 14.9 Å². The van der Waals surface area contributed by atoms with Crippen molar-refractivity contribution in [1.82, 2.24) is 19.7 Å². The lowest BCUT2D eigenvalue weighted by Crippen LogP contribution is -2.25. The molecule has 0 aliphatic rings. The van der Waals surface area contributed by atoms with Crippen molar-refractivity contribution in [2.24, 2.45) is 0 Å². The van der Waals surface area contributed by atoms with Gasteiger partial charge in [-0.25, -0.2) is 14.6 Å². The molecule has 3 aromatic carbocycles. The van der Waals surface area contributed by atoms with Crippen LogP contribution in [0.1, 0.15) is 37.6 Å². The van der Waals surface area contributed by atoms with Gasteiger partial charge in [0.15, 0.2) is 10.9 Å². The molecule has 1 amide bonds. The number of carbonyl (C=O) groups is 2. The van der Waals surface area contributed by atoms with Gasteiger partial charge in [0.25, 0.3) is 5.91 Å². The molecular weight excluding hydrogens is 478 g/mol. The van der Waals surface area contributed by atoms with Crippen LogP contribution in [0.5, 0.6) is 0 Å². The fourth-order valence-electron chi connectivity index (χ4n) is 3.90. The van der Waals surface area contributed by atoms with Crippen molar-refractivity contribution < 1.29 is 9.59 Å². The Morgan fingerprint density at radius 3 is 2.37 bits per heavy atom. The van der Waals surface area contributed by atoms with E-state index in [2.05, 4.69) is 20.4 Å². The normalized spacial score (nSPS) is 12.8. The van der Waals surface area contributed by atoms with Gasteiger partial charge >= 0.3 is 0 Å². The SMILES string of the molecule is CSC(c1ccc(C(=O)Nc2nc3ccccc3s2)cc1)C(C(=O)c1ccccc1)n1cncn1. The van der Waals surface area contributed by atoms with Gasteiger partial charge in [0.1, 0.15) is 18.7 Å². The van der Waals surface area contributed by atoms with Gasteiger partial charge in [0.05, 0.1) is 15.5 Å². The predicted molar refractivity (Wildman–Crippen MR) is 140 cm³/mol. The van der Waals surface area contributed by atoms with Crippen LogP contribution in [0.3, 0.4) is 0 Å². The van der Waals surface area contributed by atoms with Gasteiger partial charge in [0, 0.05) is 11.1 Å². The number of nitrogens with one attached hydrogen (secondary N) is 1. The fraction of sp³-hybridized carbons (Fsp3) is 0.115. The number of aromatic nitrogens is 4. The van der Waals surface area contributed by atoms with E-state index >= 15 is 0 Å². The zero-order chi connectivity index (χ0) is 24.2. The number of hydrogen-bond donors (Lipinski definition) is 1. The third-order valence-electron chi connectivity index (χ3n) is 5.61. The summed E-state index contributed by atoms with van der Waals surface area (Å²) in [5.41, 5.74) is 2.89. The smallest absolute Gasteiger partial charge is 0.257 e. The maximum atomic E-state index is 13.5. The molecule has 0 radical (unpaired) electrons. The van der Waals surface area contributed by atoms with E-state index in [1.165, 1.54) is 17.7 Å². The highest BCUT2D eigenvalue weighted by Crippen LogP contribution is 2.39. The Balaban J connectivity index is 1.39. The molecule has 2 atom stereocenters. The first-order valence-corrected chi connectivity index (χ1v) is 13.0. The Bertz CT molecular complexity index is 1420. The molecular formula is C26H21N5O2S2. The first-order chi connectivity index (χ1) is 17.1. The van der Waals surface area contributed by atoms with Crippen molar-refractivity contribution in [3.8, 4) is 0 Å². The number of rotatable bonds is 8. The van der Waals surface area contributed by atoms with E-state index in [-0.39, 0.29) is 16.9 Å². The van der Waals surface area contributed by atoms with Crippen molar-refractivity contribution in [1.29, 1.82) is 0 Å². The van der Waals surface area contributed by atoms with Crippen molar-refractivity contribution in [2.45, 2.75) is 11.3 Å². The first-order valence-electron chi connectivity index (χ1n) is 10.9. The molecule has 0 bridgehead atoms. The van der Waals surface area contributed by atoms with Gasteiger partial charge in [-0.1, -0.05) is 65.9 Å². The van der Waals surface area contributed by atoms with Crippen LogP contribution in [0.2, 0.25) is 0 Å². The molecule has 0 aliphatic heterocycles. The summed E-state index contributed by atoms with van der Waals surface area (Å²) < 4.78 is 2.62. The van der Waals surface area contributed by atoms with Gasteiger partial charge in [-0.2, -0.15) is 16.9 Å². The molecule has 1 N–H and O–H groups in total. The second-order valence-electron chi connectivity index (χ2n) is 7.77. The summed E-state index contributed by atoms with van der Waals surface area (Å²) >= 11 is 2.99. The Labute approximate surface area is 210 Å². The standard InChI is InChI=1S/C26H21N5O2S2/c1-34-24(22(31-16-27-15-28-31)23(32)17-7-3-2-4-8-17)18-11-13-19(14-12-18)25(33)30-26-29-20-9-5-6-10-21(20)35-26/h2-16,22,24H,1H3,(H,29,30,33). The van der Waals surface area contributed by atoms with E-state index in [1.54, 1.807) is 47.0 Å². The number of ketones is 1. The molecule has 0 saturated heterocycles. The topological polar surface area (TPSA) is 89.8 Å². The van der Waals surface area contributed by atoms with Crippen LogP contribution in [0, 0.1) is 0 Å². The fourth-order valence-corrected chi connectivity index (χ4v) is 5.69. The monoisotopic (exact) mass is 499 g/mol. The van der Waals surface area contributed by atoms with Crippen LogP contribution in [0.15, 0.2) is 91.5 Å². The molecule has 9 heteroatoms. The lowest BCUT2D eigenvalue weighted by Gasteiger charge is -2.25. The Kier molecular flexibility index (Phi) is 6.69. The molecule has 5 aromatic rings. The minimum atomic E-state index is -0.586. The number of benzene rings is 3. The van der Waals surface area contributed by atoms with Crippen LogP contribution < -0.4 is 5.32 Å². The molecule has 0 aliphatic carbocycles. The number of carbonyl (C=O) groups excluding carboxylic acids is 2. The molecule has 5 rings (SSSR count). The molecule has 7 nitrogen and oxygen atoms in total. The largest absolute Gasteiger partial charge is 0.298 e. The second-order valence-corrected chi connectivity index (χ2v) is 9.78. The summed E-state index contributed by atoms with van der Waals surface area (Å²) in [6.45, 7) is 0. The molecule has 2 aromatic heterocycles. The molecule has 174 valence electrons. The van der Waals surface area contributed by atoms with Crippen molar-refractivity contribution in [3.63, 3.8) is 0 Å². The quantitative estimate of drug-likeness (QED) is 0.277. The molecule has 0 fully saturated rings. The molecule has 0 spiro atoms. The average Bonchev–Trinajstić information content (AvgIpc) is 3.57.